The van der Waals surface area contributed by atoms with Gasteiger partial charge in [-0.15, -0.1) is 0 Å². The number of nitrogens with zero attached hydrogens (tertiary/aromatic N) is 2. The van der Waals surface area contributed by atoms with Crippen LogP contribution >= 0.6 is 0 Å². The van der Waals surface area contributed by atoms with E-state index in [9.17, 15) is 5.11 Å². The van der Waals surface area contributed by atoms with Crippen molar-refractivity contribution in [2.75, 3.05) is 7.11 Å². The second-order valence-corrected chi connectivity index (χ2v) is 4.10. The van der Waals surface area contributed by atoms with E-state index < -0.39 is 11.7 Å². The number of hydrogen-bond acceptors (Lipinski definition) is 3. The molecule has 1 aromatic heterocycles. The maximum atomic E-state index is 10.3. The first kappa shape index (κ1) is 10.6. The molecule has 0 amide bonds. The summed E-state index contributed by atoms with van der Waals surface area (Å²) in [5, 5.41) is 10.3. The molecule has 15 heavy (non-hydrogen) atoms. The van der Waals surface area contributed by atoms with E-state index in [1.54, 1.807) is 13.3 Å². The number of imidazole rings is 1. The molecule has 4 heteroatoms. The molecular formula is C11H18N2O2. The van der Waals surface area contributed by atoms with Crippen molar-refractivity contribution in [3.05, 3.63) is 18.2 Å². The zero-order chi connectivity index (χ0) is 10.9. The van der Waals surface area contributed by atoms with Crippen LogP contribution in [0.25, 0.3) is 0 Å². The molecule has 1 saturated carbocycles. The first-order valence-electron chi connectivity index (χ1n) is 5.48. The second-order valence-electron chi connectivity index (χ2n) is 4.10. The average Bonchev–Trinajstić information content (AvgIpc) is 2.64. The molecular weight excluding hydrogens is 192 g/mol. The minimum Gasteiger partial charge on any atom is -0.382 e. The van der Waals surface area contributed by atoms with E-state index in [1.807, 2.05) is 17.7 Å². The van der Waals surface area contributed by atoms with Gasteiger partial charge in [0.2, 0.25) is 0 Å². The fourth-order valence-electron chi connectivity index (χ4n) is 2.19. The molecule has 1 fully saturated rings. The van der Waals surface area contributed by atoms with Crippen LogP contribution in [-0.4, -0.2) is 27.4 Å². The van der Waals surface area contributed by atoms with E-state index >= 15 is 0 Å². The van der Waals surface area contributed by atoms with E-state index in [0.29, 0.717) is 0 Å². The van der Waals surface area contributed by atoms with Gasteiger partial charge in [-0.2, -0.15) is 0 Å². The smallest absolute Gasteiger partial charge is 0.141 e. The summed E-state index contributed by atoms with van der Waals surface area (Å²) in [7, 11) is 1.67. The predicted octanol–water partition coefficient (Wildman–Crippen LogP) is 1.51. The third kappa shape index (κ3) is 1.58. The van der Waals surface area contributed by atoms with Crippen molar-refractivity contribution >= 4 is 0 Å². The quantitative estimate of drug-likeness (QED) is 0.819. The molecule has 1 atom stereocenters. The lowest BCUT2D eigenvalue weighted by Crippen LogP contribution is -2.45. The number of hydrogen-bond donors (Lipinski definition) is 1. The SMILES string of the molecule is CCn1ccnc1C(O)C1(OC)CCC1. The van der Waals surface area contributed by atoms with E-state index in [-0.39, 0.29) is 0 Å². The Morgan fingerprint density at radius 1 is 1.67 bits per heavy atom. The highest BCUT2D eigenvalue weighted by Gasteiger charge is 2.46. The van der Waals surface area contributed by atoms with E-state index in [0.717, 1.165) is 31.6 Å². The Bertz CT molecular complexity index is 326. The van der Waals surface area contributed by atoms with Crippen LogP contribution in [0.4, 0.5) is 0 Å². The first-order valence-corrected chi connectivity index (χ1v) is 5.48. The summed E-state index contributed by atoms with van der Waals surface area (Å²) in [5.74, 6) is 0.721. The molecule has 0 radical (unpaired) electrons. The Kier molecular flexibility index (Phi) is 2.80. The Balaban J connectivity index is 2.23. The van der Waals surface area contributed by atoms with Gasteiger partial charge < -0.3 is 14.4 Å². The van der Waals surface area contributed by atoms with Crippen molar-refractivity contribution in [2.45, 2.75) is 44.4 Å². The lowest BCUT2D eigenvalue weighted by Gasteiger charge is -2.43. The van der Waals surface area contributed by atoms with Crippen LogP contribution in [0.15, 0.2) is 12.4 Å². The largest absolute Gasteiger partial charge is 0.382 e. The van der Waals surface area contributed by atoms with Crippen LogP contribution in [0.5, 0.6) is 0 Å². The van der Waals surface area contributed by atoms with Gasteiger partial charge in [-0.3, -0.25) is 0 Å². The fourth-order valence-corrected chi connectivity index (χ4v) is 2.19. The molecule has 0 aliphatic heterocycles. The summed E-state index contributed by atoms with van der Waals surface area (Å²) < 4.78 is 7.42. The summed E-state index contributed by atoms with van der Waals surface area (Å²) in [4.78, 5) is 4.22. The van der Waals surface area contributed by atoms with Gasteiger partial charge in [0.15, 0.2) is 0 Å². The number of aliphatic hydroxyl groups is 1. The Morgan fingerprint density at radius 2 is 2.40 bits per heavy atom. The van der Waals surface area contributed by atoms with Crippen molar-refractivity contribution in [2.24, 2.45) is 0 Å². The molecule has 1 heterocycles. The first-order chi connectivity index (χ1) is 7.23. The third-order valence-corrected chi connectivity index (χ3v) is 3.44. The molecule has 4 nitrogen and oxygen atoms in total. The minimum atomic E-state index is -0.605. The molecule has 1 aromatic rings. The highest BCUT2D eigenvalue weighted by molar-refractivity contribution is 5.08. The topological polar surface area (TPSA) is 47.3 Å². The van der Waals surface area contributed by atoms with Crippen LogP contribution in [-0.2, 0) is 11.3 Å². The van der Waals surface area contributed by atoms with Gasteiger partial charge in [0.1, 0.15) is 17.5 Å². The van der Waals surface area contributed by atoms with Crippen LogP contribution in [0, 0.1) is 0 Å². The summed E-state index contributed by atoms with van der Waals surface area (Å²) in [6.07, 6.45) is 5.97. The maximum absolute atomic E-state index is 10.3. The van der Waals surface area contributed by atoms with Gasteiger partial charge in [0.25, 0.3) is 0 Å². The summed E-state index contributed by atoms with van der Waals surface area (Å²) >= 11 is 0. The zero-order valence-corrected chi connectivity index (χ0v) is 9.31. The van der Waals surface area contributed by atoms with Gasteiger partial charge in [0.05, 0.1) is 0 Å². The normalized spacial score (nSPS) is 21.0. The molecule has 1 N–H and O–H groups in total. The second kappa shape index (κ2) is 3.94. The standard InChI is InChI=1S/C11H18N2O2/c1-3-13-8-7-12-10(13)9(14)11(15-2)5-4-6-11/h7-9,14H,3-6H2,1-2H3. The van der Waals surface area contributed by atoms with E-state index in [4.69, 9.17) is 4.74 Å². The highest BCUT2D eigenvalue weighted by Crippen LogP contribution is 2.44. The molecule has 2 rings (SSSR count). The summed E-state index contributed by atoms with van der Waals surface area (Å²) in [5.41, 5.74) is -0.391. The van der Waals surface area contributed by atoms with Gasteiger partial charge in [-0.05, 0) is 26.2 Å². The molecule has 1 aliphatic rings. The predicted molar refractivity (Wildman–Crippen MR) is 56.5 cm³/mol. The number of rotatable bonds is 4. The van der Waals surface area contributed by atoms with Crippen LogP contribution in [0.1, 0.15) is 38.1 Å². The van der Waals surface area contributed by atoms with Crippen LogP contribution in [0.3, 0.4) is 0 Å². The molecule has 0 saturated heterocycles. The molecule has 0 spiro atoms. The lowest BCUT2D eigenvalue weighted by molar-refractivity contribution is -0.155. The van der Waals surface area contributed by atoms with Crippen LogP contribution < -0.4 is 0 Å². The third-order valence-electron chi connectivity index (χ3n) is 3.44. The number of aryl methyl sites for hydroxylation is 1. The molecule has 0 bridgehead atoms. The van der Waals surface area contributed by atoms with Gasteiger partial charge in [0, 0.05) is 26.0 Å². The molecule has 1 aliphatic carbocycles. The monoisotopic (exact) mass is 210 g/mol. The fraction of sp³-hybridized carbons (Fsp3) is 0.727. The van der Waals surface area contributed by atoms with Gasteiger partial charge in [-0.25, -0.2) is 4.98 Å². The highest BCUT2D eigenvalue weighted by atomic mass is 16.5. The van der Waals surface area contributed by atoms with E-state index in [2.05, 4.69) is 4.98 Å². The van der Waals surface area contributed by atoms with Crippen molar-refractivity contribution in [3.63, 3.8) is 0 Å². The van der Waals surface area contributed by atoms with Crippen molar-refractivity contribution in [3.8, 4) is 0 Å². The zero-order valence-electron chi connectivity index (χ0n) is 9.31. The van der Waals surface area contributed by atoms with Gasteiger partial charge >= 0.3 is 0 Å². The number of methoxy groups -OCH3 is 1. The Labute approximate surface area is 89.9 Å². The molecule has 84 valence electrons. The maximum Gasteiger partial charge on any atom is 0.141 e. The molecule has 0 aromatic carbocycles. The Morgan fingerprint density at radius 3 is 2.87 bits per heavy atom. The number of aliphatic hydroxyl groups excluding tert-OH is 1. The van der Waals surface area contributed by atoms with Gasteiger partial charge in [-0.1, -0.05) is 0 Å². The minimum absolute atomic E-state index is 0.391. The summed E-state index contributed by atoms with van der Waals surface area (Å²) in [6.45, 7) is 2.87. The number of ether oxygens (including phenoxy) is 1. The van der Waals surface area contributed by atoms with E-state index in [1.165, 1.54) is 0 Å². The lowest BCUT2D eigenvalue weighted by atomic mass is 9.75. The Hall–Kier alpha value is -0.870. The summed E-state index contributed by atoms with van der Waals surface area (Å²) in [6, 6.07) is 0. The van der Waals surface area contributed by atoms with Crippen molar-refractivity contribution < 1.29 is 9.84 Å². The van der Waals surface area contributed by atoms with Crippen LogP contribution in [0.2, 0.25) is 0 Å². The van der Waals surface area contributed by atoms with Crippen molar-refractivity contribution in [1.29, 1.82) is 0 Å². The van der Waals surface area contributed by atoms with Crippen molar-refractivity contribution in [1.82, 2.24) is 9.55 Å². The molecule has 1 unspecified atom stereocenters. The number of aromatic nitrogens is 2. The average molecular weight is 210 g/mol.